The van der Waals surface area contributed by atoms with Crippen LogP contribution in [0.2, 0.25) is 0 Å². The lowest BCUT2D eigenvalue weighted by Crippen LogP contribution is -2.29. The number of fused-ring (bicyclic) bond motifs is 5. The highest BCUT2D eigenvalue weighted by Crippen LogP contribution is 2.47. The Balaban J connectivity index is 1.57. The molecule has 1 aliphatic carbocycles. The van der Waals surface area contributed by atoms with Crippen molar-refractivity contribution in [3.63, 3.8) is 0 Å². The lowest BCUT2D eigenvalue weighted by atomic mass is 9.80. The van der Waals surface area contributed by atoms with Crippen molar-refractivity contribution < 1.29 is 19.0 Å². The molecule has 0 unspecified atom stereocenters. The molecule has 1 aliphatic heterocycles. The SMILES string of the molecule is COc1ccc2c(c1)CN(Cc1cccnc1)CCn1c-2c([C@@H]2CCCC[C@H]2F)c2ccc(C(=O)O)cc21. The van der Waals surface area contributed by atoms with Crippen molar-refractivity contribution in [3.05, 3.63) is 83.2 Å². The Morgan fingerprint density at radius 2 is 2.00 bits per heavy atom. The van der Waals surface area contributed by atoms with E-state index in [1.54, 1.807) is 25.4 Å². The van der Waals surface area contributed by atoms with Crippen molar-refractivity contribution in [2.75, 3.05) is 13.7 Å². The minimum absolute atomic E-state index is 0.209. The van der Waals surface area contributed by atoms with Crippen LogP contribution in [0.3, 0.4) is 0 Å². The van der Waals surface area contributed by atoms with Gasteiger partial charge in [-0.2, -0.15) is 0 Å². The summed E-state index contributed by atoms with van der Waals surface area (Å²) < 4.78 is 23.4. The first kappa shape index (κ1) is 24.6. The Labute approximate surface area is 221 Å². The van der Waals surface area contributed by atoms with Crippen LogP contribution in [0.25, 0.3) is 22.2 Å². The number of hydrogen-bond donors (Lipinski definition) is 1. The number of pyridine rings is 1. The predicted octanol–water partition coefficient (Wildman–Crippen LogP) is 6.42. The maximum absolute atomic E-state index is 15.6. The van der Waals surface area contributed by atoms with Crippen LogP contribution in [-0.4, -0.2) is 45.4 Å². The molecule has 3 heterocycles. The summed E-state index contributed by atoms with van der Waals surface area (Å²) in [7, 11) is 1.67. The normalized spacial score (nSPS) is 19.8. The molecule has 7 heteroatoms. The Kier molecular flexibility index (Phi) is 6.62. The molecule has 2 aliphatic rings. The van der Waals surface area contributed by atoms with Gasteiger partial charge in [0.25, 0.3) is 0 Å². The number of aromatic carboxylic acids is 1. The Bertz CT molecular complexity index is 1480. The van der Waals surface area contributed by atoms with E-state index in [0.29, 0.717) is 19.5 Å². The standard InChI is InChI=1S/C31H32FN3O3/c1-38-23-9-11-24-22(15-23)19-34(18-20-5-4-12-33-17-20)13-14-35-28-16-21(31(36)37)8-10-26(28)29(30(24)35)25-6-2-3-7-27(25)32/h4-5,8-12,15-17,25,27H,2-3,6-7,13-14,18-19H2,1H3,(H,36,37)/t25-,27-/m1/s1. The van der Waals surface area contributed by atoms with Crippen LogP contribution in [-0.2, 0) is 19.6 Å². The zero-order valence-corrected chi connectivity index (χ0v) is 21.6. The van der Waals surface area contributed by atoms with Gasteiger partial charge in [0.1, 0.15) is 11.9 Å². The molecule has 6 nitrogen and oxygen atoms in total. The average molecular weight is 514 g/mol. The number of aromatic nitrogens is 2. The summed E-state index contributed by atoms with van der Waals surface area (Å²) in [6.45, 7) is 2.88. The number of rotatable bonds is 5. The molecule has 4 aromatic rings. The van der Waals surface area contributed by atoms with Gasteiger partial charge in [0.15, 0.2) is 0 Å². The smallest absolute Gasteiger partial charge is 0.335 e. The van der Waals surface area contributed by atoms with Crippen LogP contribution < -0.4 is 4.74 Å². The highest BCUT2D eigenvalue weighted by Gasteiger charge is 2.34. The first-order valence-corrected chi connectivity index (χ1v) is 13.4. The van der Waals surface area contributed by atoms with Gasteiger partial charge in [-0.15, -0.1) is 0 Å². The first-order valence-electron chi connectivity index (χ1n) is 13.4. The monoisotopic (exact) mass is 513 g/mol. The maximum atomic E-state index is 15.6. The van der Waals surface area contributed by atoms with E-state index in [9.17, 15) is 9.90 Å². The van der Waals surface area contributed by atoms with Gasteiger partial charge < -0.3 is 14.4 Å². The van der Waals surface area contributed by atoms with Crippen LogP contribution in [0.4, 0.5) is 4.39 Å². The van der Waals surface area contributed by atoms with Crippen LogP contribution in [0.1, 0.15) is 58.6 Å². The number of hydrogen-bond acceptors (Lipinski definition) is 4. The van der Waals surface area contributed by atoms with Crippen molar-refractivity contribution in [3.8, 4) is 17.0 Å². The summed E-state index contributed by atoms with van der Waals surface area (Å²) >= 11 is 0. The summed E-state index contributed by atoms with van der Waals surface area (Å²) in [4.78, 5) is 18.6. The van der Waals surface area contributed by atoms with Gasteiger partial charge in [0.05, 0.1) is 18.4 Å². The van der Waals surface area contributed by atoms with Crippen LogP contribution >= 0.6 is 0 Å². The fourth-order valence-electron chi connectivity index (χ4n) is 6.32. The highest BCUT2D eigenvalue weighted by molar-refractivity contribution is 5.98. The molecule has 0 radical (unpaired) electrons. The van der Waals surface area contributed by atoms with Crippen molar-refractivity contribution in [1.29, 1.82) is 0 Å². The van der Waals surface area contributed by atoms with Gasteiger partial charge in [-0.1, -0.05) is 25.0 Å². The maximum Gasteiger partial charge on any atom is 0.335 e. The van der Waals surface area contributed by atoms with E-state index in [1.165, 1.54) is 0 Å². The Hall–Kier alpha value is -3.71. The van der Waals surface area contributed by atoms with Crippen molar-refractivity contribution in [2.24, 2.45) is 0 Å². The third-order valence-corrected chi connectivity index (χ3v) is 8.13. The minimum Gasteiger partial charge on any atom is -0.497 e. The number of carboxylic acids is 1. The molecule has 0 bridgehead atoms. The second-order valence-corrected chi connectivity index (χ2v) is 10.5. The van der Waals surface area contributed by atoms with E-state index < -0.39 is 12.1 Å². The van der Waals surface area contributed by atoms with Gasteiger partial charge in [-0.25, -0.2) is 9.18 Å². The summed E-state index contributed by atoms with van der Waals surface area (Å²) in [6, 6.07) is 15.5. The Morgan fingerprint density at radius 3 is 2.76 bits per heavy atom. The molecular formula is C31H32FN3O3. The topological polar surface area (TPSA) is 67.6 Å². The third-order valence-electron chi connectivity index (χ3n) is 8.13. The van der Waals surface area contributed by atoms with E-state index in [-0.39, 0.29) is 11.5 Å². The zero-order valence-electron chi connectivity index (χ0n) is 21.6. The summed E-state index contributed by atoms with van der Waals surface area (Å²) in [6.07, 6.45) is 6.03. The van der Waals surface area contributed by atoms with Crippen molar-refractivity contribution in [1.82, 2.24) is 14.5 Å². The van der Waals surface area contributed by atoms with E-state index >= 15 is 4.39 Å². The molecule has 1 saturated carbocycles. The second-order valence-electron chi connectivity index (χ2n) is 10.5. The zero-order chi connectivity index (χ0) is 26.2. The van der Waals surface area contributed by atoms with Crippen LogP contribution in [0, 0.1) is 0 Å². The van der Waals surface area contributed by atoms with Gasteiger partial charge in [-0.3, -0.25) is 9.88 Å². The molecule has 2 aromatic heterocycles. The number of nitrogens with zero attached hydrogens (tertiary/aromatic N) is 3. The average Bonchev–Trinajstić information content (AvgIpc) is 3.24. The van der Waals surface area contributed by atoms with Crippen LogP contribution in [0.15, 0.2) is 60.9 Å². The van der Waals surface area contributed by atoms with Gasteiger partial charge in [-0.05, 0) is 65.9 Å². The second kappa shape index (κ2) is 10.2. The molecule has 1 fully saturated rings. The molecule has 0 spiro atoms. The largest absolute Gasteiger partial charge is 0.497 e. The lowest BCUT2D eigenvalue weighted by molar-refractivity contribution is 0.0697. The highest BCUT2D eigenvalue weighted by atomic mass is 19.1. The Morgan fingerprint density at radius 1 is 1.13 bits per heavy atom. The number of carbonyl (C=O) groups is 1. The quantitative estimate of drug-likeness (QED) is 0.334. The number of halogens is 1. The third kappa shape index (κ3) is 4.45. The summed E-state index contributed by atoms with van der Waals surface area (Å²) in [5, 5.41) is 10.7. The number of benzene rings is 2. The van der Waals surface area contributed by atoms with E-state index in [1.807, 2.05) is 24.4 Å². The van der Waals surface area contributed by atoms with Crippen molar-refractivity contribution in [2.45, 2.75) is 57.4 Å². The molecule has 2 aromatic carbocycles. The van der Waals surface area contributed by atoms with Gasteiger partial charge in [0, 0.05) is 61.0 Å². The fourth-order valence-corrected chi connectivity index (χ4v) is 6.32. The summed E-state index contributed by atoms with van der Waals surface area (Å²) in [5.41, 5.74) is 6.45. The predicted molar refractivity (Wildman–Crippen MR) is 145 cm³/mol. The fraction of sp³-hybridized carbons (Fsp3) is 0.355. The number of carboxylic acid groups (broad SMARTS) is 1. The van der Waals surface area contributed by atoms with Crippen LogP contribution in [0.5, 0.6) is 5.75 Å². The molecule has 1 N–H and O–H groups in total. The van der Waals surface area contributed by atoms with E-state index in [0.717, 1.165) is 77.0 Å². The molecular weight excluding hydrogens is 481 g/mol. The molecule has 6 rings (SSSR count). The molecule has 0 saturated heterocycles. The summed E-state index contributed by atoms with van der Waals surface area (Å²) in [5.74, 6) is -0.387. The number of alkyl halides is 1. The van der Waals surface area contributed by atoms with Gasteiger partial charge >= 0.3 is 5.97 Å². The van der Waals surface area contributed by atoms with Gasteiger partial charge in [0.2, 0.25) is 0 Å². The first-order chi connectivity index (χ1) is 18.5. The molecule has 196 valence electrons. The molecule has 2 atom stereocenters. The number of ether oxygens (including phenoxy) is 1. The van der Waals surface area contributed by atoms with Crippen molar-refractivity contribution >= 4 is 16.9 Å². The van der Waals surface area contributed by atoms with E-state index in [4.69, 9.17) is 4.74 Å². The molecule has 38 heavy (non-hydrogen) atoms. The molecule has 0 amide bonds. The minimum atomic E-state index is -0.959. The van der Waals surface area contributed by atoms with E-state index in [2.05, 4.69) is 32.7 Å². The number of methoxy groups -OCH3 is 1. The lowest BCUT2D eigenvalue weighted by Gasteiger charge is -2.31.